The highest BCUT2D eigenvalue weighted by molar-refractivity contribution is 6.31. The molecule has 1 fully saturated rings. The van der Waals surface area contributed by atoms with Gasteiger partial charge in [-0.3, -0.25) is 4.68 Å². The van der Waals surface area contributed by atoms with E-state index in [-0.39, 0.29) is 6.10 Å². The third-order valence-corrected chi connectivity index (χ3v) is 4.72. The van der Waals surface area contributed by atoms with E-state index in [4.69, 9.17) is 16.3 Å². The van der Waals surface area contributed by atoms with Crippen LogP contribution in [0.5, 0.6) is 5.75 Å². The summed E-state index contributed by atoms with van der Waals surface area (Å²) in [7, 11) is 0. The quantitative estimate of drug-likeness (QED) is 0.873. The number of aromatic nitrogens is 2. The Balaban J connectivity index is 1.99. The van der Waals surface area contributed by atoms with E-state index in [0.717, 1.165) is 72.1 Å². The van der Waals surface area contributed by atoms with Gasteiger partial charge >= 0.3 is 0 Å². The Kier molecular flexibility index (Phi) is 5.47. The first kappa shape index (κ1) is 17.3. The molecule has 0 amide bonds. The van der Waals surface area contributed by atoms with Crippen LogP contribution in [0.3, 0.4) is 0 Å². The molecule has 1 aromatic carbocycles. The second-order valence-electron chi connectivity index (χ2n) is 6.56. The van der Waals surface area contributed by atoms with Crippen LogP contribution in [-0.2, 0) is 6.54 Å². The lowest BCUT2D eigenvalue weighted by atomic mass is 10.0. The van der Waals surface area contributed by atoms with Crippen molar-refractivity contribution in [3.05, 3.63) is 34.6 Å². The predicted octanol–water partition coefficient (Wildman–Crippen LogP) is 4.36. The molecule has 0 atom stereocenters. The Labute approximate surface area is 149 Å². The van der Waals surface area contributed by atoms with E-state index in [1.807, 2.05) is 23.7 Å². The Bertz CT molecular complexity index is 705. The number of hydrogen-bond donors (Lipinski definition) is 1. The predicted molar refractivity (Wildman–Crippen MR) is 99.0 cm³/mol. The van der Waals surface area contributed by atoms with Crippen LogP contribution in [-0.4, -0.2) is 29.0 Å². The van der Waals surface area contributed by atoms with Crippen molar-refractivity contribution in [2.24, 2.45) is 0 Å². The Morgan fingerprint density at radius 3 is 2.71 bits per heavy atom. The molecule has 0 unspecified atom stereocenters. The number of rotatable bonds is 5. The average molecular weight is 348 g/mol. The molecule has 1 aromatic heterocycles. The molecule has 2 aromatic rings. The summed E-state index contributed by atoms with van der Waals surface area (Å²) < 4.78 is 8.42. The van der Waals surface area contributed by atoms with Crippen molar-refractivity contribution in [2.75, 3.05) is 13.1 Å². The molecule has 2 heterocycles. The van der Waals surface area contributed by atoms with Gasteiger partial charge in [-0.15, -0.1) is 0 Å². The molecule has 3 rings (SSSR count). The average Bonchev–Trinajstić information content (AvgIpc) is 2.91. The summed E-state index contributed by atoms with van der Waals surface area (Å²) in [5.74, 6) is 0.949. The Morgan fingerprint density at radius 1 is 1.25 bits per heavy atom. The van der Waals surface area contributed by atoms with Crippen LogP contribution in [0.1, 0.15) is 37.4 Å². The van der Waals surface area contributed by atoms with E-state index >= 15 is 0 Å². The smallest absolute Gasteiger partial charge is 0.130 e. The first-order valence-corrected chi connectivity index (χ1v) is 9.18. The molecule has 1 aliphatic rings. The standard InChI is InChI=1S/C19H26ClN3O/c1-4-9-23-12-18(14(3)22-23)17-11-15(20)10-13(2)19(17)24-16-5-7-21-8-6-16/h10-12,16,21H,4-9H2,1-3H3. The van der Waals surface area contributed by atoms with Gasteiger partial charge in [-0.05, 0) is 63.9 Å². The number of nitrogens with one attached hydrogen (secondary N) is 1. The lowest BCUT2D eigenvalue weighted by molar-refractivity contribution is 0.162. The summed E-state index contributed by atoms with van der Waals surface area (Å²) in [5, 5.41) is 8.75. The van der Waals surface area contributed by atoms with Gasteiger partial charge in [0.05, 0.1) is 5.69 Å². The molecule has 5 heteroatoms. The molecular weight excluding hydrogens is 322 g/mol. The first-order chi connectivity index (χ1) is 11.6. The Hall–Kier alpha value is -1.52. The molecular formula is C19H26ClN3O. The second-order valence-corrected chi connectivity index (χ2v) is 6.99. The topological polar surface area (TPSA) is 39.1 Å². The van der Waals surface area contributed by atoms with Crippen LogP contribution in [0.2, 0.25) is 5.02 Å². The van der Waals surface area contributed by atoms with E-state index in [9.17, 15) is 0 Å². The number of nitrogens with zero attached hydrogens (tertiary/aromatic N) is 2. The number of halogens is 1. The summed E-state index contributed by atoms with van der Waals surface area (Å²) >= 11 is 6.34. The summed E-state index contributed by atoms with van der Waals surface area (Å²) in [6.45, 7) is 9.22. The van der Waals surface area contributed by atoms with Gasteiger partial charge in [0.25, 0.3) is 0 Å². The van der Waals surface area contributed by atoms with Crippen LogP contribution >= 0.6 is 11.6 Å². The highest BCUT2D eigenvalue weighted by Crippen LogP contribution is 2.38. The molecule has 1 N–H and O–H groups in total. The molecule has 1 saturated heterocycles. The van der Waals surface area contributed by atoms with Crippen molar-refractivity contribution in [3.63, 3.8) is 0 Å². The minimum absolute atomic E-state index is 0.260. The maximum absolute atomic E-state index is 6.42. The molecule has 24 heavy (non-hydrogen) atoms. The number of ether oxygens (including phenoxy) is 1. The van der Waals surface area contributed by atoms with Crippen molar-refractivity contribution >= 4 is 11.6 Å². The zero-order chi connectivity index (χ0) is 17.1. The zero-order valence-corrected chi connectivity index (χ0v) is 15.5. The first-order valence-electron chi connectivity index (χ1n) is 8.80. The summed E-state index contributed by atoms with van der Waals surface area (Å²) in [6, 6.07) is 3.98. The van der Waals surface area contributed by atoms with Crippen LogP contribution in [0.15, 0.2) is 18.3 Å². The summed E-state index contributed by atoms with van der Waals surface area (Å²) in [4.78, 5) is 0. The van der Waals surface area contributed by atoms with E-state index < -0.39 is 0 Å². The fraction of sp³-hybridized carbons (Fsp3) is 0.526. The fourth-order valence-electron chi connectivity index (χ4n) is 3.29. The molecule has 130 valence electrons. The van der Waals surface area contributed by atoms with Gasteiger partial charge in [-0.25, -0.2) is 0 Å². The SMILES string of the molecule is CCCn1cc(-c2cc(Cl)cc(C)c2OC2CCNCC2)c(C)n1. The van der Waals surface area contributed by atoms with Crippen molar-refractivity contribution in [1.29, 1.82) is 0 Å². The molecule has 4 nitrogen and oxygen atoms in total. The van der Waals surface area contributed by atoms with Gasteiger partial charge in [0.2, 0.25) is 0 Å². The lowest BCUT2D eigenvalue weighted by Crippen LogP contribution is -2.34. The van der Waals surface area contributed by atoms with Crippen molar-refractivity contribution in [2.45, 2.75) is 52.7 Å². The van der Waals surface area contributed by atoms with E-state index in [0.29, 0.717) is 0 Å². The third kappa shape index (κ3) is 3.76. The molecule has 0 saturated carbocycles. The monoisotopic (exact) mass is 347 g/mol. The fourth-order valence-corrected chi connectivity index (χ4v) is 3.57. The molecule has 0 radical (unpaired) electrons. The molecule has 1 aliphatic heterocycles. The van der Waals surface area contributed by atoms with Crippen LogP contribution in [0, 0.1) is 13.8 Å². The van der Waals surface area contributed by atoms with Gasteiger partial charge < -0.3 is 10.1 Å². The van der Waals surface area contributed by atoms with Crippen molar-refractivity contribution in [1.82, 2.24) is 15.1 Å². The van der Waals surface area contributed by atoms with E-state index in [1.54, 1.807) is 0 Å². The van der Waals surface area contributed by atoms with Gasteiger partial charge in [-0.2, -0.15) is 5.10 Å². The van der Waals surface area contributed by atoms with Crippen LogP contribution in [0.4, 0.5) is 0 Å². The molecule has 0 aliphatic carbocycles. The van der Waals surface area contributed by atoms with E-state index in [1.165, 1.54) is 0 Å². The second kappa shape index (κ2) is 7.58. The van der Waals surface area contributed by atoms with Gasteiger partial charge in [-0.1, -0.05) is 18.5 Å². The van der Waals surface area contributed by atoms with Gasteiger partial charge in [0.15, 0.2) is 0 Å². The van der Waals surface area contributed by atoms with Gasteiger partial charge in [0.1, 0.15) is 11.9 Å². The van der Waals surface area contributed by atoms with E-state index in [2.05, 4.69) is 30.5 Å². The van der Waals surface area contributed by atoms with Gasteiger partial charge in [0, 0.05) is 28.9 Å². The van der Waals surface area contributed by atoms with Crippen molar-refractivity contribution < 1.29 is 4.74 Å². The Morgan fingerprint density at radius 2 is 2.00 bits per heavy atom. The largest absolute Gasteiger partial charge is 0.489 e. The van der Waals surface area contributed by atoms with Crippen LogP contribution < -0.4 is 10.1 Å². The summed E-state index contributed by atoms with van der Waals surface area (Å²) in [5.41, 5.74) is 4.26. The minimum Gasteiger partial charge on any atom is -0.489 e. The zero-order valence-electron chi connectivity index (χ0n) is 14.7. The third-order valence-electron chi connectivity index (χ3n) is 4.50. The minimum atomic E-state index is 0.260. The number of aryl methyl sites for hydroxylation is 3. The van der Waals surface area contributed by atoms with Crippen molar-refractivity contribution in [3.8, 4) is 16.9 Å². The maximum Gasteiger partial charge on any atom is 0.130 e. The maximum atomic E-state index is 6.42. The number of hydrogen-bond acceptors (Lipinski definition) is 3. The lowest BCUT2D eigenvalue weighted by Gasteiger charge is -2.26. The highest BCUT2D eigenvalue weighted by atomic mass is 35.5. The normalized spacial score (nSPS) is 15.7. The molecule has 0 bridgehead atoms. The highest BCUT2D eigenvalue weighted by Gasteiger charge is 2.20. The number of benzene rings is 1. The van der Waals surface area contributed by atoms with Crippen LogP contribution in [0.25, 0.3) is 11.1 Å². The molecule has 0 spiro atoms. The number of piperidine rings is 1. The summed E-state index contributed by atoms with van der Waals surface area (Å²) in [6.07, 6.45) is 5.51.